The molecule has 1 aliphatic heterocycles. The lowest BCUT2D eigenvalue weighted by atomic mass is 9.82. The Morgan fingerprint density at radius 3 is 2.52 bits per heavy atom. The highest BCUT2D eigenvalue weighted by molar-refractivity contribution is 6.08. The van der Waals surface area contributed by atoms with Gasteiger partial charge in [0, 0.05) is 18.5 Å². The fourth-order valence-corrected chi connectivity index (χ4v) is 3.30. The number of nitrogens with two attached hydrogens (primary N) is 1. The SMILES string of the molecule is CN1C(=O)C(c2ccc(OC(F)F)cc2)(c2cccc(C#CC3CC3)c2)N=C1N. The Bertz CT molecular complexity index is 1040. The van der Waals surface area contributed by atoms with Gasteiger partial charge >= 0.3 is 6.61 Å². The van der Waals surface area contributed by atoms with Crippen LogP contribution in [0.2, 0.25) is 0 Å². The van der Waals surface area contributed by atoms with Crippen LogP contribution in [0.5, 0.6) is 5.75 Å². The van der Waals surface area contributed by atoms with E-state index in [0.717, 1.165) is 18.4 Å². The summed E-state index contributed by atoms with van der Waals surface area (Å²) in [5.41, 5.74) is 6.45. The van der Waals surface area contributed by atoms with Gasteiger partial charge in [-0.2, -0.15) is 8.78 Å². The van der Waals surface area contributed by atoms with Crippen LogP contribution in [0.4, 0.5) is 8.78 Å². The first-order valence-electron chi connectivity index (χ1n) is 9.21. The molecule has 1 unspecified atom stereocenters. The molecular weight excluding hydrogens is 376 g/mol. The van der Waals surface area contributed by atoms with E-state index in [4.69, 9.17) is 5.73 Å². The lowest BCUT2D eigenvalue weighted by Gasteiger charge is -2.26. The summed E-state index contributed by atoms with van der Waals surface area (Å²) in [6.45, 7) is -2.93. The number of alkyl halides is 2. The first-order valence-corrected chi connectivity index (χ1v) is 9.21. The van der Waals surface area contributed by atoms with E-state index < -0.39 is 12.2 Å². The van der Waals surface area contributed by atoms with Gasteiger partial charge in [0.25, 0.3) is 5.91 Å². The van der Waals surface area contributed by atoms with Crippen LogP contribution in [0, 0.1) is 17.8 Å². The summed E-state index contributed by atoms with van der Waals surface area (Å²) in [6, 6.07) is 13.2. The maximum atomic E-state index is 13.2. The van der Waals surface area contributed by atoms with E-state index in [1.165, 1.54) is 17.0 Å². The van der Waals surface area contributed by atoms with Crippen molar-refractivity contribution >= 4 is 11.9 Å². The van der Waals surface area contributed by atoms with Crippen molar-refractivity contribution in [2.45, 2.75) is 25.0 Å². The van der Waals surface area contributed by atoms with Gasteiger partial charge in [0.05, 0.1) is 0 Å². The second-order valence-corrected chi connectivity index (χ2v) is 7.07. The molecule has 0 saturated heterocycles. The van der Waals surface area contributed by atoms with Crippen LogP contribution in [0.15, 0.2) is 53.5 Å². The molecule has 4 rings (SSSR count). The predicted octanol–water partition coefficient (Wildman–Crippen LogP) is 3.08. The average molecular weight is 395 g/mol. The number of ether oxygens (including phenoxy) is 1. The van der Waals surface area contributed by atoms with Crippen molar-refractivity contribution in [1.82, 2.24) is 4.90 Å². The highest BCUT2D eigenvalue weighted by Crippen LogP contribution is 2.40. The average Bonchev–Trinajstić information content (AvgIpc) is 3.51. The Kier molecular flexibility index (Phi) is 4.71. The van der Waals surface area contributed by atoms with E-state index in [9.17, 15) is 13.6 Å². The minimum atomic E-state index is -2.93. The smallest absolute Gasteiger partial charge is 0.387 e. The molecular formula is C22H19F2N3O2. The Balaban J connectivity index is 1.80. The number of carbonyl (C=O) groups is 1. The molecule has 148 valence electrons. The standard InChI is InChI=1S/C22H19F2N3O2/c1-27-19(28)22(26-21(27)25,16-9-11-18(12-10-16)29-20(23)24)17-4-2-3-15(13-17)8-7-14-5-6-14/h2-4,9-14,20H,5-6H2,1H3,(H2,25,26). The first kappa shape index (κ1) is 18.9. The van der Waals surface area contributed by atoms with Crippen molar-refractivity contribution in [3.8, 4) is 17.6 Å². The lowest BCUT2D eigenvalue weighted by Crippen LogP contribution is -2.41. The number of amides is 1. The Labute approximate surface area is 167 Å². The summed E-state index contributed by atoms with van der Waals surface area (Å²) in [5.74, 6) is 6.55. The molecule has 0 spiro atoms. The summed E-state index contributed by atoms with van der Waals surface area (Å²) in [4.78, 5) is 19.0. The van der Waals surface area contributed by atoms with Gasteiger partial charge in [-0.25, -0.2) is 4.99 Å². The molecule has 2 N–H and O–H groups in total. The van der Waals surface area contributed by atoms with E-state index >= 15 is 0 Å². The molecule has 2 aromatic carbocycles. The minimum Gasteiger partial charge on any atom is -0.435 e. The second kappa shape index (κ2) is 7.21. The van der Waals surface area contributed by atoms with Crippen LogP contribution in [0.3, 0.4) is 0 Å². The number of nitrogens with zero attached hydrogens (tertiary/aromatic N) is 2. The normalized spacial score (nSPS) is 21.0. The van der Waals surface area contributed by atoms with Gasteiger partial charge in [-0.15, -0.1) is 0 Å². The topological polar surface area (TPSA) is 67.9 Å². The van der Waals surface area contributed by atoms with Gasteiger partial charge in [0.2, 0.25) is 0 Å². The monoisotopic (exact) mass is 395 g/mol. The molecule has 5 nitrogen and oxygen atoms in total. The minimum absolute atomic E-state index is 0.00120. The number of carbonyl (C=O) groups excluding carboxylic acids is 1. The zero-order valence-corrected chi connectivity index (χ0v) is 15.7. The van der Waals surface area contributed by atoms with Crippen molar-refractivity contribution in [2.75, 3.05) is 7.05 Å². The van der Waals surface area contributed by atoms with E-state index in [1.54, 1.807) is 25.2 Å². The molecule has 0 bridgehead atoms. The fraction of sp³-hybridized carbons (Fsp3) is 0.273. The van der Waals surface area contributed by atoms with Gasteiger partial charge in [0.15, 0.2) is 11.5 Å². The van der Waals surface area contributed by atoms with Crippen LogP contribution in [0.1, 0.15) is 29.5 Å². The summed E-state index contributed by atoms with van der Waals surface area (Å²) in [5, 5.41) is 0. The fourth-order valence-electron chi connectivity index (χ4n) is 3.30. The van der Waals surface area contributed by atoms with Crippen LogP contribution in [-0.2, 0) is 10.3 Å². The van der Waals surface area contributed by atoms with Crippen LogP contribution in [-0.4, -0.2) is 30.4 Å². The number of halogens is 2. The predicted molar refractivity (Wildman–Crippen MR) is 104 cm³/mol. The molecule has 1 atom stereocenters. The van der Waals surface area contributed by atoms with Crippen molar-refractivity contribution < 1.29 is 18.3 Å². The third-order valence-electron chi connectivity index (χ3n) is 5.02. The number of likely N-dealkylation sites (N-methyl/N-ethyl adjacent to an activating group) is 1. The molecule has 1 heterocycles. The molecule has 0 aromatic heterocycles. The largest absolute Gasteiger partial charge is 0.435 e. The van der Waals surface area contributed by atoms with Gasteiger partial charge < -0.3 is 10.5 Å². The van der Waals surface area contributed by atoms with Gasteiger partial charge in [-0.1, -0.05) is 36.1 Å². The zero-order chi connectivity index (χ0) is 20.6. The molecule has 1 aliphatic carbocycles. The van der Waals surface area contributed by atoms with Crippen molar-refractivity contribution in [1.29, 1.82) is 0 Å². The maximum Gasteiger partial charge on any atom is 0.387 e. The molecule has 2 aliphatic rings. The van der Waals surface area contributed by atoms with Crippen molar-refractivity contribution in [2.24, 2.45) is 16.6 Å². The second-order valence-electron chi connectivity index (χ2n) is 7.07. The van der Waals surface area contributed by atoms with Crippen molar-refractivity contribution in [3.63, 3.8) is 0 Å². The van der Waals surface area contributed by atoms with Gasteiger partial charge in [0.1, 0.15) is 5.75 Å². The molecule has 1 saturated carbocycles. The van der Waals surface area contributed by atoms with E-state index in [1.807, 2.05) is 18.2 Å². The number of rotatable bonds is 4. The Morgan fingerprint density at radius 1 is 1.21 bits per heavy atom. The van der Waals surface area contributed by atoms with Crippen LogP contribution >= 0.6 is 0 Å². The highest BCUT2D eigenvalue weighted by Gasteiger charge is 2.49. The molecule has 1 amide bonds. The van der Waals surface area contributed by atoms with Crippen LogP contribution in [0.25, 0.3) is 0 Å². The third kappa shape index (κ3) is 3.54. The van der Waals surface area contributed by atoms with Crippen molar-refractivity contribution in [3.05, 3.63) is 65.2 Å². The number of hydrogen-bond acceptors (Lipinski definition) is 4. The Morgan fingerprint density at radius 2 is 1.93 bits per heavy atom. The Hall–Kier alpha value is -3.40. The van der Waals surface area contributed by atoms with E-state index in [0.29, 0.717) is 17.0 Å². The maximum absolute atomic E-state index is 13.2. The molecule has 29 heavy (non-hydrogen) atoms. The number of aliphatic imine (C=N–C) groups is 1. The summed E-state index contributed by atoms with van der Waals surface area (Å²) in [6.07, 6.45) is 2.24. The lowest BCUT2D eigenvalue weighted by molar-refractivity contribution is -0.129. The van der Waals surface area contributed by atoms with Gasteiger partial charge in [-0.3, -0.25) is 9.69 Å². The first-order chi connectivity index (χ1) is 13.9. The number of benzene rings is 2. The molecule has 7 heteroatoms. The quantitative estimate of drug-likeness (QED) is 0.809. The number of hydrogen-bond donors (Lipinski definition) is 1. The molecule has 0 radical (unpaired) electrons. The van der Waals surface area contributed by atoms with Crippen LogP contribution < -0.4 is 10.5 Å². The van der Waals surface area contributed by atoms with Gasteiger partial charge in [-0.05, 0) is 48.2 Å². The zero-order valence-electron chi connectivity index (χ0n) is 15.7. The number of guanidine groups is 1. The third-order valence-corrected chi connectivity index (χ3v) is 5.02. The molecule has 2 aromatic rings. The summed E-state index contributed by atoms with van der Waals surface area (Å²) < 4.78 is 29.4. The summed E-state index contributed by atoms with van der Waals surface area (Å²) in [7, 11) is 1.55. The highest BCUT2D eigenvalue weighted by atomic mass is 19.3. The summed E-state index contributed by atoms with van der Waals surface area (Å²) >= 11 is 0. The van der Waals surface area contributed by atoms with E-state index in [-0.39, 0.29) is 17.6 Å². The van der Waals surface area contributed by atoms with E-state index in [2.05, 4.69) is 21.6 Å². The molecule has 1 fully saturated rings.